The predicted octanol–water partition coefficient (Wildman–Crippen LogP) is 5.98. The summed E-state index contributed by atoms with van der Waals surface area (Å²) in [6, 6.07) is 11.2. The fourth-order valence-corrected chi connectivity index (χ4v) is 3.62. The number of carbonyl (C=O) groups excluding carboxylic acids is 1. The van der Waals surface area contributed by atoms with Gasteiger partial charge in [-0.25, -0.2) is 0 Å². The number of halogens is 3. The molecule has 4 rings (SSSR count). The zero-order valence-electron chi connectivity index (χ0n) is 18.6. The standard InChI is InChI=1S/C24H23F3N4O2/c1-13(2)31(4)21-11-20-19(10-17(21)24(25,26)27)29-23(32)12-18(28-20)15-6-5-7-16(9-15)22-8-14(3)30-33-22/h5-11,13H,12H2,1-4H3,(H,29,32). The summed E-state index contributed by atoms with van der Waals surface area (Å²) in [4.78, 5) is 18.7. The third-order valence-corrected chi connectivity index (χ3v) is 5.54. The van der Waals surface area contributed by atoms with Crippen molar-refractivity contribution in [2.24, 2.45) is 4.99 Å². The molecule has 2 aromatic carbocycles. The summed E-state index contributed by atoms with van der Waals surface area (Å²) < 4.78 is 46.7. The molecule has 0 fully saturated rings. The maximum atomic E-state index is 13.8. The van der Waals surface area contributed by atoms with E-state index in [2.05, 4.69) is 15.5 Å². The number of aryl methyl sites for hydroxylation is 1. The third kappa shape index (κ3) is 4.62. The van der Waals surface area contributed by atoms with E-state index in [1.807, 2.05) is 19.1 Å². The maximum absolute atomic E-state index is 13.8. The lowest BCUT2D eigenvalue weighted by molar-refractivity contribution is -0.137. The number of fused-ring (bicyclic) bond motifs is 1. The monoisotopic (exact) mass is 456 g/mol. The van der Waals surface area contributed by atoms with Crippen LogP contribution in [0.3, 0.4) is 0 Å². The summed E-state index contributed by atoms with van der Waals surface area (Å²) in [5.41, 5.74) is 2.09. The second kappa shape index (κ2) is 8.38. The van der Waals surface area contributed by atoms with Crippen LogP contribution in [0.25, 0.3) is 11.3 Å². The molecule has 1 aliphatic rings. The second-order valence-electron chi connectivity index (χ2n) is 8.29. The molecule has 33 heavy (non-hydrogen) atoms. The Hall–Kier alpha value is -3.62. The van der Waals surface area contributed by atoms with Crippen molar-refractivity contribution < 1.29 is 22.5 Å². The number of carbonyl (C=O) groups is 1. The van der Waals surface area contributed by atoms with Crippen LogP contribution >= 0.6 is 0 Å². The van der Waals surface area contributed by atoms with E-state index in [0.29, 0.717) is 17.0 Å². The number of rotatable bonds is 4. The summed E-state index contributed by atoms with van der Waals surface area (Å²) in [5, 5.41) is 6.47. The first-order chi connectivity index (χ1) is 15.5. The molecular formula is C24H23F3N4O2. The van der Waals surface area contributed by atoms with Crippen LogP contribution in [-0.2, 0) is 11.0 Å². The largest absolute Gasteiger partial charge is 0.418 e. The van der Waals surface area contributed by atoms with E-state index in [9.17, 15) is 18.0 Å². The number of nitrogens with zero attached hydrogens (tertiary/aromatic N) is 3. The molecule has 1 aliphatic heterocycles. The van der Waals surface area contributed by atoms with Gasteiger partial charge in [0.2, 0.25) is 5.91 Å². The lowest BCUT2D eigenvalue weighted by Gasteiger charge is -2.28. The number of aromatic nitrogens is 1. The lowest BCUT2D eigenvalue weighted by Crippen LogP contribution is -2.28. The zero-order chi connectivity index (χ0) is 23.9. The first-order valence-corrected chi connectivity index (χ1v) is 10.4. The SMILES string of the molecule is Cc1cc(-c2cccc(C3=Nc4cc(N(C)C(C)C)c(C(F)(F)F)cc4NC(=O)C3)c2)on1. The highest BCUT2D eigenvalue weighted by atomic mass is 19.4. The van der Waals surface area contributed by atoms with Gasteiger partial charge in [-0.3, -0.25) is 9.79 Å². The molecule has 0 saturated heterocycles. The molecule has 1 amide bonds. The van der Waals surface area contributed by atoms with Crippen molar-refractivity contribution in [2.45, 2.75) is 39.4 Å². The van der Waals surface area contributed by atoms with E-state index < -0.39 is 17.6 Å². The molecular weight excluding hydrogens is 433 g/mol. The van der Waals surface area contributed by atoms with Crippen LogP contribution < -0.4 is 10.2 Å². The molecule has 172 valence electrons. The normalized spacial score (nSPS) is 13.9. The lowest BCUT2D eigenvalue weighted by atomic mass is 10.0. The summed E-state index contributed by atoms with van der Waals surface area (Å²) in [6.45, 7) is 5.42. The Kier molecular flexibility index (Phi) is 5.73. The molecule has 6 nitrogen and oxygen atoms in total. The van der Waals surface area contributed by atoms with Crippen molar-refractivity contribution in [1.29, 1.82) is 0 Å². The smallest absolute Gasteiger partial charge is 0.372 e. The molecule has 0 aliphatic carbocycles. The van der Waals surface area contributed by atoms with E-state index in [-0.39, 0.29) is 29.5 Å². The first kappa shape index (κ1) is 22.6. The van der Waals surface area contributed by atoms with E-state index >= 15 is 0 Å². The minimum atomic E-state index is -4.58. The Morgan fingerprint density at radius 3 is 2.48 bits per heavy atom. The van der Waals surface area contributed by atoms with Crippen LogP contribution in [0.4, 0.5) is 30.2 Å². The van der Waals surface area contributed by atoms with Gasteiger partial charge in [-0.1, -0.05) is 23.4 Å². The van der Waals surface area contributed by atoms with Crippen LogP contribution in [0.2, 0.25) is 0 Å². The predicted molar refractivity (Wildman–Crippen MR) is 121 cm³/mol. The maximum Gasteiger partial charge on any atom is 0.418 e. The molecule has 3 aromatic rings. The molecule has 0 bridgehead atoms. The fraction of sp³-hybridized carbons (Fsp3) is 0.292. The fourth-order valence-electron chi connectivity index (χ4n) is 3.62. The van der Waals surface area contributed by atoms with Crippen LogP contribution in [0.1, 0.15) is 37.1 Å². The average molecular weight is 456 g/mol. The van der Waals surface area contributed by atoms with Crippen molar-refractivity contribution in [3.63, 3.8) is 0 Å². The van der Waals surface area contributed by atoms with E-state index in [1.165, 1.54) is 11.0 Å². The number of benzene rings is 2. The highest BCUT2D eigenvalue weighted by Crippen LogP contribution is 2.43. The number of amides is 1. The Balaban J connectivity index is 1.84. The van der Waals surface area contributed by atoms with Gasteiger partial charge in [0.1, 0.15) is 0 Å². The molecule has 1 N–H and O–H groups in total. The molecule has 0 spiro atoms. The van der Waals surface area contributed by atoms with Gasteiger partial charge in [-0.05, 0) is 44.5 Å². The number of nitrogens with one attached hydrogen (secondary N) is 1. The van der Waals surface area contributed by atoms with Gasteiger partial charge in [0.15, 0.2) is 5.76 Å². The molecule has 2 heterocycles. The summed E-state index contributed by atoms with van der Waals surface area (Å²) >= 11 is 0. The topological polar surface area (TPSA) is 70.7 Å². The van der Waals surface area contributed by atoms with Gasteiger partial charge in [-0.2, -0.15) is 13.2 Å². The average Bonchev–Trinajstić information content (AvgIpc) is 3.11. The van der Waals surface area contributed by atoms with Crippen LogP contribution in [-0.4, -0.2) is 29.9 Å². The molecule has 1 aromatic heterocycles. The van der Waals surface area contributed by atoms with Crippen molar-refractivity contribution in [1.82, 2.24) is 5.16 Å². The van der Waals surface area contributed by atoms with Gasteiger partial charge in [-0.15, -0.1) is 0 Å². The van der Waals surface area contributed by atoms with Crippen molar-refractivity contribution in [3.05, 3.63) is 59.3 Å². The molecule has 0 radical (unpaired) electrons. The van der Waals surface area contributed by atoms with Crippen LogP contribution in [0.5, 0.6) is 0 Å². The van der Waals surface area contributed by atoms with Crippen LogP contribution in [0.15, 0.2) is 52.0 Å². The number of anilines is 2. The van der Waals surface area contributed by atoms with Gasteiger partial charge in [0.05, 0.1) is 40.5 Å². The van der Waals surface area contributed by atoms with Gasteiger partial charge in [0, 0.05) is 24.7 Å². The molecule has 0 saturated carbocycles. The Morgan fingerprint density at radius 1 is 1.12 bits per heavy atom. The number of hydrogen-bond acceptors (Lipinski definition) is 5. The Morgan fingerprint density at radius 2 is 1.85 bits per heavy atom. The minimum Gasteiger partial charge on any atom is -0.372 e. The zero-order valence-corrected chi connectivity index (χ0v) is 18.6. The summed E-state index contributed by atoms with van der Waals surface area (Å²) in [6.07, 6.45) is -4.66. The second-order valence-corrected chi connectivity index (χ2v) is 8.29. The quantitative estimate of drug-likeness (QED) is 0.525. The third-order valence-electron chi connectivity index (χ3n) is 5.54. The first-order valence-electron chi connectivity index (χ1n) is 10.4. The van der Waals surface area contributed by atoms with Gasteiger partial charge >= 0.3 is 6.18 Å². The van der Waals surface area contributed by atoms with Crippen molar-refractivity contribution in [3.8, 4) is 11.3 Å². The van der Waals surface area contributed by atoms with Gasteiger partial charge < -0.3 is 14.7 Å². The van der Waals surface area contributed by atoms with E-state index in [0.717, 1.165) is 17.3 Å². The molecule has 0 unspecified atom stereocenters. The molecule has 9 heteroatoms. The minimum absolute atomic E-state index is 0.00128. The van der Waals surface area contributed by atoms with Crippen molar-refractivity contribution in [2.75, 3.05) is 17.3 Å². The number of hydrogen-bond donors (Lipinski definition) is 1. The number of aliphatic imine (C=N–C) groups is 1. The van der Waals surface area contributed by atoms with E-state index in [4.69, 9.17) is 4.52 Å². The Labute approximate surface area is 189 Å². The van der Waals surface area contributed by atoms with E-state index in [1.54, 1.807) is 39.1 Å². The van der Waals surface area contributed by atoms with Crippen LogP contribution in [0, 0.1) is 6.92 Å². The highest BCUT2D eigenvalue weighted by Gasteiger charge is 2.36. The summed E-state index contributed by atoms with van der Waals surface area (Å²) in [5.74, 6) is 0.135. The number of alkyl halides is 3. The molecule has 0 atom stereocenters. The van der Waals surface area contributed by atoms with Gasteiger partial charge in [0.25, 0.3) is 0 Å². The van der Waals surface area contributed by atoms with Crippen molar-refractivity contribution >= 4 is 28.7 Å². The summed E-state index contributed by atoms with van der Waals surface area (Å²) in [7, 11) is 1.60. The highest BCUT2D eigenvalue weighted by molar-refractivity contribution is 6.17. The Bertz CT molecular complexity index is 1240.